The smallest absolute Gasteiger partial charge is 0.271 e. The van der Waals surface area contributed by atoms with Gasteiger partial charge in [-0.25, -0.2) is 4.39 Å². The average molecular weight is 431 g/mol. The number of carbonyl (C=O) groups is 1. The van der Waals surface area contributed by atoms with Gasteiger partial charge >= 0.3 is 0 Å². The Balaban J connectivity index is 1.89. The standard InChI is InChI=1S/C25H22FN3O3/c1-17-11-23(28-15-17)25(30)29(16-19-7-8-21(31-2)13-24(19)32-3)10-4-5-18-6-9-22(26)20(12-18)14-27/h6-9,11-13,15,28H,10,16H2,1-3H3. The van der Waals surface area contributed by atoms with Crippen molar-refractivity contribution in [3.05, 3.63) is 82.4 Å². The summed E-state index contributed by atoms with van der Waals surface area (Å²) < 4.78 is 24.2. The monoisotopic (exact) mass is 431 g/mol. The molecule has 1 N–H and O–H groups in total. The molecule has 1 aromatic heterocycles. The lowest BCUT2D eigenvalue weighted by atomic mass is 10.1. The van der Waals surface area contributed by atoms with Crippen molar-refractivity contribution in [1.29, 1.82) is 5.26 Å². The van der Waals surface area contributed by atoms with Crippen LogP contribution in [0.5, 0.6) is 11.5 Å². The number of nitrogens with zero attached hydrogens (tertiary/aromatic N) is 2. The number of amides is 1. The van der Waals surface area contributed by atoms with Crippen molar-refractivity contribution in [3.8, 4) is 29.4 Å². The summed E-state index contributed by atoms with van der Waals surface area (Å²) >= 11 is 0. The van der Waals surface area contributed by atoms with Crippen LogP contribution in [0.4, 0.5) is 4.39 Å². The number of benzene rings is 2. The minimum atomic E-state index is -0.594. The fraction of sp³-hybridized carbons (Fsp3) is 0.200. The second kappa shape index (κ2) is 10.2. The predicted octanol–water partition coefficient (Wildman–Crippen LogP) is 4.05. The van der Waals surface area contributed by atoms with Crippen LogP contribution < -0.4 is 9.47 Å². The molecule has 0 saturated carbocycles. The maximum Gasteiger partial charge on any atom is 0.271 e. The van der Waals surface area contributed by atoms with Gasteiger partial charge in [0.25, 0.3) is 5.91 Å². The molecular weight excluding hydrogens is 409 g/mol. The van der Waals surface area contributed by atoms with Gasteiger partial charge in [0, 0.05) is 23.4 Å². The Hall–Kier alpha value is -4.23. The molecule has 0 saturated heterocycles. The van der Waals surface area contributed by atoms with E-state index in [1.54, 1.807) is 49.6 Å². The van der Waals surface area contributed by atoms with Crippen molar-refractivity contribution in [3.63, 3.8) is 0 Å². The molecule has 0 spiro atoms. The van der Waals surface area contributed by atoms with E-state index in [1.165, 1.54) is 18.2 Å². The van der Waals surface area contributed by atoms with Gasteiger partial charge in [0.1, 0.15) is 29.1 Å². The molecule has 0 fully saturated rings. The van der Waals surface area contributed by atoms with Gasteiger partial charge in [-0.3, -0.25) is 4.79 Å². The average Bonchev–Trinajstić information content (AvgIpc) is 3.25. The van der Waals surface area contributed by atoms with Crippen molar-refractivity contribution < 1.29 is 18.7 Å². The molecule has 0 aliphatic heterocycles. The van der Waals surface area contributed by atoms with E-state index < -0.39 is 5.82 Å². The number of aryl methyl sites for hydroxylation is 1. The van der Waals surface area contributed by atoms with Gasteiger partial charge in [0.05, 0.1) is 32.9 Å². The second-order valence-electron chi connectivity index (χ2n) is 7.04. The van der Waals surface area contributed by atoms with Crippen molar-refractivity contribution in [2.45, 2.75) is 13.5 Å². The Bertz CT molecular complexity index is 1230. The van der Waals surface area contributed by atoms with E-state index in [1.807, 2.05) is 13.0 Å². The number of methoxy groups -OCH3 is 2. The molecule has 0 aliphatic carbocycles. The highest BCUT2D eigenvalue weighted by Gasteiger charge is 2.19. The number of rotatable bonds is 6. The Morgan fingerprint density at radius 3 is 2.62 bits per heavy atom. The zero-order chi connectivity index (χ0) is 23.1. The molecular formula is C25H22FN3O3. The highest BCUT2D eigenvalue weighted by atomic mass is 19.1. The minimum absolute atomic E-state index is 0.0745. The van der Waals surface area contributed by atoms with E-state index in [0.717, 1.165) is 11.1 Å². The predicted molar refractivity (Wildman–Crippen MR) is 118 cm³/mol. The molecule has 0 radical (unpaired) electrons. The number of halogens is 1. The lowest BCUT2D eigenvalue weighted by Crippen LogP contribution is -2.31. The van der Waals surface area contributed by atoms with Crippen LogP contribution in [0.2, 0.25) is 0 Å². The summed E-state index contributed by atoms with van der Waals surface area (Å²) in [6, 6.07) is 13.0. The molecule has 32 heavy (non-hydrogen) atoms. The summed E-state index contributed by atoms with van der Waals surface area (Å²) in [6.07, 6.45) is 1.76. The third-order valence-corrected chi connectivity index (χ3v) is 4.79. The van der Waals surface area contributed by atoms with Gasteiger partial charge in [-0.2, -0.15) is 5.26 Å². The highest BCUT2D eigenvalue weighted by Crippen LogP contribution is 2.26. The van der Waals surface area contributed by atoms with Crippen LogP contribution in [0.3, 0.4) is 0 Å². The zero-order valence-electron chi connectivity index (χ0n) is 18.0. The molecule has 0 bridgehead atoms. The number of aromatic nitrogens is 1. The van der Waals surface area contributed by atoms with Gasteiger partial charge in [0.15, 0.2) is 0 Å². The third-order valence-electron chi connectivity index (χ3n) is 4.79. The first kappa shape index (κ1) is 22.5. The summed E-state index contributed by atoms with van der Waals surface area (Å²) in [5.41, 5.74) is 2.60. The molecule has 6 nitrogen and oxygen atoms in total. The minimum Gasteiger partial charge on any atom is -0.497 e. The molecule has 0 atom stereocenters. The first-order valence-electron chi connectivity index (χ1n) is 9.79. The summed E-state index contributed by atoms with van der Waals surface area (Å²) in [6.45, 7) is 2.27. The number of ether oxygens (including phenoxy) is 2. The van der Waals surface area contributed by atoms with Crippen LogP contribution in [-0.4, -0.2) is 36.6 Å². The number of hydrogen-bond acceptors (Lipinski definition) is 4. The lowest BCUT2D eigenvalue weighted by Gasteiger charge is -2.21. The third kappa shape index (κ3) is 5.27. The molecule has 162 valence electrons. The van der Waals surface area contributed by atoms with Crippen LogP contribution in [0.1, 0.15) is 32.7 Å². The molecule has 0 aliphatic rings. The Morgan fingerprint density at radius 2 is 1.97 bits per heavy atom. The van der Waals surface area contributed by atoms with Crippen molar-refractivity contribution in [2.24, 2.45) is 0 Å². The quantitative estimate of drug-likeness (QED) is 0.598. The van der Waals surface area contributed by atoms with E-state index in [0.29, 0.717) is 22.8 Å². The Labute approximate surface area is 186 Å². The van der Waals surface area contributed by atoms with Crippen LogP contribution in [-0.2, 0) is 6.54 Å². The second-order valence-corrected chi connectivity index (χ2v) is 7.04. The Kier molecular flexibility index (Phi) is 7.15. The molecule has 7 heteroatoms. The molecule has 3 aromatic rings. The molecule has 2 aromatic carbocycles. The van der Waals surface area contributed by atoms with E-state index in [4.69, 9.17) is 14.7 Å². The largest absolute Gasteiger partial charge is 0.497 e. The van der Waals surface area contributed by atoms with Crippen molar-refractivity contribution in [2.75, 3.05) is 20.8 Å². The van der Waals surface area contributed by atoms with Crippen molar-refractivity contribution >= 4 is 5.91 Å². The summed E-state index contributed by atoms with van der Waals surface area (Å²) in [5, 5.41) is 8.99. The van der Waals surface area contributed by atoms with Crippen LogP contribution in [0, 0.1) is 35.9 Å². The van der Waals surface area contributed by atoms with Crippen LogP contribution in [0.25, 0.3) is 0 Å². The Morgan fingerprint density at radius 1 is 1.16 bits per heavy atom. The van der Waals surface area contributed by atoms with Crippen LogP contribution in [0.15, 0.2) is 48.7 Å². The van der Waals surface area contributed by atoms with E-state index in [2.05, 4.69) is 16.8 Å². The van der Waals surface area contributed by atoms with Gasteiger partial charge < -0.3 is 19.4 Å². The number of nitrogens with one attached hydrogen (secondary N) is 1. The number of nitriles is 1. The molecule has 1 amide bonds. The molecule has 3 rings (SSSR count). The number of hydrogen-bond donors (Lipinski definition) is 1. The fourth-order valence-electron chi connectivity index (χ4n) is 3.11. The zero-order valence-corrected chi connectivity index (χ0v) is 18.0. The normalized spacial score (nSPS) is 9.97. The van der Waals surface area contributed by atoms with Gasteiger partial charge in [-0.15, -0.1) is 0 Å². The van der Waals surface area contributed by atoms with Gasteiger partial charge in [0.2, 0.25) is 0 Å². The number of carbonyl (C=O) groups excluding carboxylic acids is 1. The summed E-state index contributed by atoms with van der Waals surface area (Å²) in [5.74, 6) is 6.28. The lowest BCUT2D eigenvalue weighted by molar-refractivity contribution is 0.0759. The maximum atomic E-state index is 13.5. The number of H-pyrrole nitrogens is 1. The molecule has 0 unspecified atom stereocenters. The van der Waals surface area contributed by atoms with E-state index >= 15 is 0 Å². The fourth-order valence-corrected chi connectivity index (χ4v) is 3.11. The summed E-state index contributed by atoms with van der Waals surface area (Å²) in [7, 11) is 3.13. The highest BCUT2D eigenvalue weighted by molar-refractivity contribution is 5.92. The van der Waals surface area contributed by atoms with E-state index in [9.17, 15) is 9.18 Å². The summed E-state index contributed by atoms with van der Waals surface area (Å²) in [4.78, 5) is 17.7. The maximum absolute atomic E-state index is 13.5. The first-order chi connectivity index (χ1) is 15.4. The molecule has 1 heterocycles. The van der Waals surface area contributed by atoms with Crippen LogP contribution >= 0.6 is 0 Å². The van der Waals surface area contributed by atoms with Crippen molar-refractivity contribution in [1.82, 2.24) is 9.88 Å². The van der Waals surface area contributed by atoms with Gasteiger partial charge in [-0.1, -0.05) is 11.8 Å². The topological polar surface area (TPSA) is 78.4 Å². The number of aromatic amines is 1. The first-order valence-corrected chi connectivity index (χ1v) is 9.79. The van der Waals surface area contributed by atoms with E-state index in [-0.39, 0.29) is 24.6 Å². The van der Waals surface area contributed by atoms with Gasteiger partial charge in [-0.05, 0) is 48.9 Å². The SMILES string of the molecule is COc1ccc(CN(CC#Cc2ccc(F)c(C#N)c2)C(=O)c2cc(C)c[nH]2)c(OC)c1.